The second-order valence-corrected chi connectivity index (χ2v) is 7.81. The monoisotopic (exact) mass is 363 g/mol. The average Bonchev–Trinajstić information content (AvgIpc) is 2.62. The molecule has 1 heterocycles. The summed E-state index contributed by atoms with van der Waals surface area (Å²) in [7, 11) is 1.97. The average molecular weight is 364 g/mol. The van der Waals surface area contributed by atoms with Gasteiger partial charge in [-0.1, -0.05) is 19.4 Å². The van der Waals surface area contributed by atoms with E-state index in [0.717, 1.165) is 37.4 Å². The van der Waals surface area contributed by atoms with Crippen molar-refractivity contribution < 1.29 is 9.59 Å². The largest absolute Gasteiger partial charge is 0.337 e. The molecule has 1 aromatic carbocycles. The van der Waals surface area contributed by atoms with Crippen molar-refractivity contribution in [2.24, 2.45) is 0 Å². The summed E-state index contributed by atoms with van der Waals surface area (Å²) in [6, 6.07) is 7.62. The Balaban J connectivity index is 1.94. The molecule has 1 aromatic rings. The summed E-state index contributed by atoms with van der Waals surface area (Å²) in [5, 5.41) is 2.91. The Kier molecular flexibility index (Phi) is 7.78. The Hall–Kier alpha value is -1.53. The molecule has 0 aromatic heterocycles. The lowest BCUT2D eigenvalue weighted by molar-refractivity contribution is -0.117. The highest BCUT2D eigenvalue weighted by Crippen LogP contribution is 2.16. The van der Waals surface area contributed by atoms with Crippen LogP contribution in [0.3, 0.4) is 0 Å². The molecule has 0 aliphatic carbocycles. The number of hydrogen-bond acceptors (Lipinski definition) is 4. The molecule has 0 unspecified atom stereocenters. The number of nitrogens with one attached hydrogen (secondary N) is 1. The van der Waals surface area contributed by atoms with Crippen molar-refractivity contribution in [3.05, 3.63) is 29.8 Å². The number of nitrogens with zero attached hydrogens (tertiary/aromatic N) is 2. The third-order valence-electron chi connectivity index (χ3n) is 4.54. The fourth-order valence-corrected chi connectivity index (χ4v) is 3.80. The molecule has 1 aliphatic rings. The first kappa shape index (κ1) is 19.8. The van der Waals surface area contributed by atoms with Gasteiger partial charge in [-0.15, -0.1) is 0 Å². The SMILES string of the molecule is CCC[C@H](C)N(C)CC(=O)Nc1cccc(C(=O)N2CCSCC2)c1. The van der Waals surface area contributed by atoms with Gasteiger partial charge in [0.1, 0.15) is 0 Å². The highest BCUT2D eigenvalue weighted by Gasteiger charge is 2.19. The van der Waals surface area contributed by atoms with E-state index >= 15 is 0 Å². The van der Waals surface area contributed by atoms with Gasteiger partial charge in [0.25, 0.3) is 5.91 Å². The number of thioether (sulfide) groups is 1. The molecule has 138 valence electrons. The molecule has 0 bridgehead atoms. The van der Waals surface area contributed by atoms with Gasteiger partial charge in [0.05, 0.1) is 6.54 Å². The maximum absolute atomic E-state index is 12.6. The maximum Gasteiger partial charge on any atom is 0.253 e. The van der Waals surface area contributed by atoms with Crippen LogP contribution in [0.15, 0.2) is 24.3 Å². The van der Waals surface area contributed by atoms with Gasteiger partial charge in [-0.05, 0) is 38.6 Å². The first-order chi connectivity index (χ1) is 12.0. The van der Waals surface area contributed by atoms with E-state index in [1.807, 2.05) is 41.9 Å². The van der Waals surface area contributed by atoms with E-state index in [1.54, 1.807) is 6.07 Å². The molecule has 1 aliphatic heterocycles. The minimum atomic E-state index is -0.0515. The molecule has 1 saturated heterocycles. The zero-order chi connectivity index (χ0) is 18.2. The number of carbonyl (C=O) groups excluding carboxylic acids is 2. The van der Waals surface area contributed by atoms with E-state index in [4.69, 9.17) is 0 Å². The Morgan fingerprint density at radius 1 is 1.32 bits per heavy atom. The fraction of sp³-hybridized carbons (Fsp3) is 0.579. The molecular formula is C19H29N3O2S. The Morgan fingerprint density at radius 2 is 2.04 bits per heavy atom. The van der Waals surface area contributed by atoms with E-state index in [1.165, 1.54) is 0 Å². The van der Waals surface area contributed by atoms with Crippen LogP contribution in [0.2, 0.25) is 0 Å². The summed E-state index contributed by atoms with van der Waals surface area (Å²) < 4.78 is 0. The Labute approximate surface area is 155 Å². The minimum Gasteiger partial charge on any atom is -0.337 e. The second-order valence-electron chi connectivity index (χ2n) is 6.59. The lowest BCUT2D eigenvalue weighted by Gasteiger charge is -2.26. The number of benzene rings is 1. The molecule has 2 rings (SSSR count). The fourth-order valence-electron chi connectivity index (χ4n) is 2.90. The van der Waals surface area contributed by atoms with Gasteiger partial charge < -0.3 is 10.2 Å². The molecule has 2 amide bonds. The summed E-state index contributed by atoms with van der Waals surface area (Å²) >= 11 is 1.88. The molecule has 1 N–H and O–H groups in total. The van der Waals surface area contributed by atoms with Crippen LogP contribution in [0, 0.1) is 0 Å². The van der Waals surface area contributed by atoms with E-state index in [9.17, 15) is 9.59 Å². The zero-order valence-electron chi connectivity index (χ0n) is 15.5. The quantitative estimate of drug-likeness (QED) is 0.809. The summed E-state index contributed by atoms with van der Waals surface area (Å²) in [4.78, 5) is 28.8. The molecule has 1 fully saturated rings. The van der Waals surface area contributed by atoms with Crippen LogP contribution in [0.1, 0.15) is 37.0 Å². The molecule has 5 nitrogen and oxygen atoms in total. The molecule has 0 radical (unpaired) electrons. The van der Waals surface area contributed by atoms with Crippen LogP contribution < -0.4 is 5.32 Å². The second kappa shape index (κ2) is 9.82. The van der Waals surface area contributed by atoms with Gasteiger partial charge in [0.2, 0.25) is 5.91 Å². The van der Waals surface area contributed by atoms with Gasteiger partial charge in [-0.25, -0.2) is 0 Å². The number of amides is 2. The van der Waals surface area contributed by atoms with Gasteiger partial charge in [0.15, 0.2) is 0 Å². The van der Waals surface area contributed by atoms with E-state index in [0.29, 0.717) is 23.8 Å². The summed E-state index contributed by atoms with van der Waals surface area (Å²) in [6.45, 7) is 6.21. The third kappa shape index (κ3) is 6.04. The minimum absolute atomic E-state index is 0.0464. The van der Waals surface area contributed by atoms with E-state index in [-0.39, 0.29) is 11.8 Å². The molecular weight excluding hydrogens is 334 g/mol. The van der Waals surface area contributed by atoms with Crippen LogP contribution in [0.4, 0.5) is 5.69 Å². The number of hydrogen-bond donors (Lipinski definition) is 1. The standard InChI is InChI=1S/C19H29N3O2S/c1-4-6-15(2)21(3)14-18(23)20-17-8-5-7-16(13-17)19(24)22-9-11-25-12-10-22/h5,7-8,13,15H,4,6,9-12,14H2,1-3H3,(H,20,23)/t15-/m0/s1. The highest BCUT2D eigenvalue weighted by atomic mass is 32.2. The molecule has 0 saturated carbocycles. The van der Waals surface area contributed by atoms with E-state index < -0.39 is 0 Å². The molecule has 25 heavy (non-hydrogen) atoms. The predicted molar refractivity (Wildman–Crippen MR) is 105 cm³/mol. The van der Waals surface area contributed by atoms with Crippen molar-refractivity contribution >= 4 is 29.3 Å². The molecule has 6 heteroatoms. The molecule has 0 spiro atoms. The van der Waals surface area contributed by atoms with Crippen molar-refractivity contribution in [3.63, 3.8) is 0 Å². The summed E-state index contributed by atoms with van der Waals surface area (Å²) in [5.74, 6) is 1.98. The highest BCUT2D eigenvalue weighted by molar-refractivity contribution is 7.99. The van der Waals surface area contributed by atoms with Crippen molar-refractivity contribution in [2.75, 3.05) is 43.5 Å². The van der Waals surface area contributed by atoms with Crippen LogP contribution in [0.25, 0.3) is 0 Å². The smallest absolute Gasteiger partial charge is 0.253 e. The predicted octanol–water partition coefficient (Wildman–Crippen LogP) is 2.93. The van der Waals surface area contributed by atoms with Crippen LogP contribution in [-0.2, 0) is 4.79 Å². The lowest BCUT2D eigenvalue weighted by atomic mass is 10.1. The number of likely N-dealkylation sites (N-methyl/N-ethyl adjacent to an activating group) is 1. The molecule has 1 atom stereocenters. The number of anilines is 1. The van der Waals surface area contributed by atoms with Crippen molar-refractivity contribution in [1.82, 2.24) is 9.80 Å². The summed E-state index contributed by atoms with van der Waals surface area (Å²) in [6.07, 6.45) is 2.17. The maximum atomic E-state index is 12.6. The van der Waals surface area contributed by atoms with Crippen molar-refractivity contribution in [3.8, 4) is 0 Å². The van der Waals surface area contributed by atoms with Crippen molar-refractivity contribution in [1.29, 1.82) is 0 Å². The van der Waals surface area contributed by atoms with Crippen LogP contribution in [0.5, 0.6) is 0 Å². The van der Waals surface area contributed by atoms with E-state index in [2.05, 4.69) is 24.1 Å². The Bertz CT molecular complexity index is 588. The summed E-state index contributed by atoms with van der Waals surface area (Å²) in [5.41, 5.74) is 1.32. The van der Waals surface area contributed by atoms with Gasteiger partial charge >= 0.3 is 0 Å². The van der Waals surface area contributed by atoms with Gasteiger partial charge in [-0.2, -0.15) is 11.8 Å². The van der Waals surface area contributed by atoms with Crippen molar-refractivity contribution in [2.45, 2.75) is 32.7 Å². The van der Waals surface area contributed by atoms with Crippen LogP contribution in [-0.4, -0.2) is 65.8 Å². The van der Waals surface area contributed by atoms with Gasteiger partial charge in [0, 0.05) is 41.9 Å². The lowest BCUT2D eigenvalue weighted by Crippen LogP contribution is -2.38. The zero-order valence-corrected chi connectivity index (χ0v) is 16.3. The van der Waals surface area contributed by atoms with Crippen LogP contribution >= 0.6 is 11.8 Å². The normalized spacial score (nSPS) is 15.9. The first-order valence-electron chi connectivity index (χ1n) is 8.98. The number of rotatable bonds is 7. The first-order valence-corrected chi connectivity index (χ1v) is 10.1. The number of carbonyl (C=O) groups is 2. The Morgan fingerprint density at radius 3 is 2.72 bits per heavy atom. The third-order valence-corrected chi connectivity index (χ3v) is 5.49. The van der Waals surface area contributed by atoms with Gasteiger partial charge in [-0.3, -0.25) is 14.5 Å². The topological polar surface area (TPSA) is 52.7 Å².